The molecule has 0 unspecified atom stereocenters. The zero-order valence-electron chi connectivity index (χ0n) is 9.66. The minimum atomic E-state index is -0.579. The Morgan fingerprint density at radius 1 is 1.33 bits per heavy atom. The Kier molecular flexibility index (Phi) is 3.47. The Hall–Kier alpha value is -1.69. The molecular formula is C12H9BrFNO3. The molecule has 0 bridgehead atoms. The molecule has 1 aromatic heterocycles. The first-order chi connectivity index (χ1) is 8.56. The van der Waals surface area contributed by atoms with Crippen LogP contribution in [0.25, 0.3) is 10.9 Å². The number of esters is 1. The van der Waals surface area contributed by atoms with E-state index < -0.39 is 11.8 Å². The first-order valence-electron chi connectivity index (χ1n) is 4.99. The van der Waals surface area contributed by atoms with Crippen LogP contribution in [-0.4, -0.2) is 25.2 Å². The summed E-state index contributed by atoms with van der Waals surface area (Å²) in [4.78, 5) is 15.7. The molecule has 1 aromatic carbocycles. The summed E-state index contributed by atoms with van der Waals surface area (Å²) in [5.41, 5.74) is 0.682. The van der Waals surface area contributed by atoms with Gasteiger partial charge in [0.05, 0.1) is 24.2 Å². The fourth-order valence-corrected chi connectivity index (χ4v) is 1.89. The van der Waals surface area contributed by atoms with Crippen LogP contribution in [0.15, 0.2) is 22.7 Å². The van der Waals surface area contributed by atoms with Crippen molar-refractivity contribution in [2.45, 2.75) is 0 Å². The monoisotopic (exact) mass is 313 g/mol. The predicted molar refractivity (Wildman–Crippen MR) is 67.3 cm³/mol. The van der Waals surface area contributed by atoms with Crippen molar-refractivity contribution in [3.63, 3.8) is 0 Å². The molecule has 0 radical (unpaired) electrons. The van der Waals surface area contributed by atoms with Crippen LogP contribution in [-0.2, 0) is 4.74 Å². The maximum atomic E-state index is 13.4. The maximum absolute atomic E-state index is 13.4. The molecule has 0 saturated carbocycles. The minimum Gasteiger partial charge on any atom is -0.480 e. The van der Waals surface area contributed by atoms with Crippen LogP contribution in [0.2, 0.25) is 0 Å². The van der Waals surface area contributed by atoms with Gasteiger partial charge in [0.25, 0.3) is 0 Å². The van der Waals surface area contributed by atoms with Gasteiger partial charge in [-0.2, -0.15) is 0 Å². The molecule has 0 aliphatic carbocycles. The third-order valence-electron chi connectivity index (χ3n) is 2.42. The summed E-state index contributed by atoms with van der Waals surface area (Å²) >= 11 is 3.08. The van der Waals surface area contributed by atoms with E-state index in [9.17, 15) is 9.18 Å². The molecular weight excluding hydrogens is 305 g/mol. The Morgan fingerprint density at radius 3 is 2.67 bits per heavy atom. The zero-order valence-corrected chi connectivity index (χ0v) is 11.2. The summed E-state index contributed by atoms with van der Waals surface area (Å²) in [6.45, 7) is 0. The molecule has 0 aliphatic rings. The van der Waals surface area contributed by atoms with Gasteiger partial charge < -0.3 is 9.47 Å². The van der Waals surface area contributed by atoms with E-state index in [1.807, 2.05) is 0 Å². The van der Waals surface area contributed by atoms with Crippen LogP contribution in [0.3, 0.4) is 0 Å². The number of carbonyl (C=O) groups excluding carboxylic acids is 1. The SMILES string of the molecule is COC(=O)c1cc2cc(F)c(Br)cc2nc1OC. The van der Waals surface area contributed by atoms with Crippen molar-refractivity contribution in [3.05, 3.63) is 34.1 Å². The second-order valence-electron chi connectivity index (χ2n) is 3.50. The van der Waals surface area contributed by atoms with Gasteiger partial charge in [0.1, 0.15) is 11.4 Å². The van der Waals surface area contributed by atoms with Gasteiger partial charge in [-0.05, 0) is 34.1 Å². The molecule has 6 heteroatoms. The van der Waals surface area contributed by atoms with Gasteiger partial charge in [-0.3, -0.25) is 0 Å². The van der Waals surface area contributed by atoms with Gasteiger partial charge in [0.15, 0.2) is 0 Å². The largest absolute Gasteiger partial charge is 0.480 e. The molecule has 0 aliphatic heterocycles. The second kappa shape index (κ2) is 4.89. The Morgan fingerprint density at radius 2 is 2.06 bits per heavy atom. The highest BCUT2D eigenvalue weighted by molar-refractivity contribution is 9.10. The number of rotatable bonds is 2. The van der Waals surface area contributed by atoms with E-state index in [1.54, 1.807) is 0 Å². The number of fused-ring (bicyclic) bond motifs is 1. The van der Waals surface area contributed by atoms with E-state index in [1.165, 1.54) is 32.4 Å². The average molecular weight is 314 g/mol. The fraction of sp³-hybridized carbons (Fsp3) is 0.167. The van der Waals surface area contributed by atoms with E-state index in [4.69, 9.17) is 4.74 Å². The van der Waals surface area contributed by atoms with E-state index >= 15 is 0 Å². The highest BCUT2D eigenvalue weighted by atomic mass is 79.9. The summed E-state index contributed by atoms with van der Waals surface area (Å²) in [5, 5.41) is 0.497. The molecule has 0 fully saturated rings. The molecule has 0 N–H and O–H groups in total. The van der Waals surface area contributed by atoms with Crippen molar-refractivity contribution in [1.29, 1.82) is 0 Å². The fourth-order valence-electron chi connectivity index (χ4n) is 1.56. The van der Waals surface area contributed by atoms with Crippen LogP contribution in [0.1, 0.15) is 10.4 Å². The zero-order chi connectivity index (χ0) is 13.3. The van der Waals surface area contributed by atoms with Gasteiger partial charge in [0.2, 0.25) is 5.88 Å². The van der Waals surface area contributed by atoms with Gasteiger partial charge in [0, 0.05) is 5.39 Å². The molecule has 0 saturated heterocycles. The van der Waals surface area contributed by atoms with Crippen molar-refractivity contribution in [2.75, 3.05) is 14.2 Å². The molecule has 2 rings (SSSR count). The lowest BCUT2D eigenvalue weighted by Crippen LogP contribution is -2.05. The van der Waals surface area contributed by atoms with Gasteiger partial charge in [-0.25, -0.2) is 14.2 Å². The minimum absolute atomic E-state index is 0.146. The quantitative estimate of drug-likeness (QED) is 0.800. The number of benzene rings is 1. The summed E-state index contributed by atoms with van der Waals surface area (Å²) in [5.74, 6) is -0.859. The van der Waals surface area contributed by atoms with Crippen LogP contribution in [0.5, 0.6) is 5.88 Å². The van der Waals surface area contributed by atoms with Crippen LogP contribution >= 0.6 is 15.9 Å². The highest BCUT2D eigenvalue weighted by Gasteiger charge is 2.16. The molecule has 1 heterocycles. The molecule has 0 atom stereocenters. The summed E-state index contributed by atoms with van der Waals surface area (Å²) in [7, 11) is 2.66. The standard InChI is InChI=1S/C12H9BrFNO3/c1-17-11-7(12(16)18-2)3-6-4-9(14)8(13)5-10(6)15-11/h3-5H,1-2H3. The topological polar surface area (TPSA) is 48.4 Å². The first-order valence-corrected chi connectivity index (χ1v) is 5.78. The van der Waals surface area contributed by atoms with Crippen LogP contribution < -0.4 is 4.74 Å². The summed E-state index contributed by atoms with van der Waals surface area (Å²) < 4.78 is 23.4. The lowest BCUT2D eigenvalue weighted by atomic mass is 10.1. The van der Waals surface area contributed by atoms with Gasteiger partial charge in [-0.15, -0.1) is 0 Å². The van der Waals surface area contributed by atoms with Gasteiger partial charge >= 0.3 is 5.97 Å². The average Bonchev–Trinajstić information content (AvgIpc) is 2.38. The molecule has 18 heavy (non-hydrogen) atoms. The van der Waals surface area contributed by atoms with Gasteiger partial charge in [-0.1, -0.05) is 0 Å². The maximum Gasteiger partial charge on any atom is 0.343 e. The number of halogens is 2. The predicted octanol–water partition coefficient (Wildman–Crippen LogP) is 2.93. The molecule has 94 valence electrons. The summed E-state index contributed by atoms with van der Waals surface area (Å²) in [6, 6.07) is 4.30. The third-order valence-corrected chi connectivity index (χ3v) is 3.03. The number of nitrogens with zero attached hydrogens (tertiary/aromatic N) is 1. The number of hydrogen-bond donors (Lipinski definition) is 0. The molecule has 0 spiro atoms. The number of ether oxygens (including phenoxy) is 2. The molecule has 2 aromatic rings. The van der Waals surface area contributed by atoms with E-state index in [0.29, 0.717) is 15.4 Å². The third kappa shape index (κ3) is 2.15. The highest BCUT2D eigenvalue weighted by Crippen LogP contribution is 2.27. The smallest absolute Gasteiger partial charge is 0.343 e. The Bertz CT molecular complexity index is 630. The number of carbonyl (C=O) groups is 1. The molecule has 4 nitrogen and oxygen atoms in total. The number of aromatic nitrogens is 1. The normalized spacial score (nSPS) is 10.4. The van der Waals surface area contributed by atoms with Crippen molar-refractivity contribution >= 4 is 32.8 Å². The first kappa shape index (κ1) is 12.8. The van der Waals surface area contributed by atoms with Crippen molar-refractivity contribution < 1.29 is 18.7 Å². The van der Waals surface area contributed by atoms with E-state index in [0.717, 1.165) is 0 Å². The van der Waals surface area contributed by atoms with Crippen LogP contribution in [0.4, 0.5) is 4.39 Å². The van der Waals surface area contributed by atoms with Crippen molar-refractivity contribution in [3.8, 4) is 5.88 Å². The van der Waals surface area contributed by atoms with E-state index in [-0.39, 0.29) is 11.4 Å². The Labute approximate surface area is 111 Å². The number of pyridine rings is 1. The number of methoxy groups -OCH3 is 2. The Balaban J connectivity index is 2.73. The number of hydrogen-bond acceptors (Lipinski definition) is 4. The van der Waals surface area contributed by atoms with Crippen molar-refractivity contribution in [2.24, 2.45) is 0 Å². The summed E-state index contributed by atoms with van der Waals surface area (Å²) in [6.07, 6.45) is 0. The lowest BCUT2D eigenvalue weighted by molar-refractivity contribution is 0.0596. The van der Waals surface area contributed by atoms with Crippen LogP contribution in [0, 0.1) is 5.82 Å². The van der Waals surface area contributed by atoms with Crippen molar-refractivity contribution in [1.82, 2.24) is 4.98 Å². The van der Waals surface area contributed by atoms with E-state index in [2.05, 4.69) is 25.7 Å². The lowest BCUT2D eigenvalue weighted by Gasteiger charge is -2.08. The molecule has 0 amide bonds. The second-order valence-corrected chi connectivity index (χ2v) is 4.35.